The van der Waals surface area contributed by atoms with Crippen LogP contribution >= 0.6 is 11.6 Å². The zero-order valence-electron chi connectivity index (χ0n) is 11.6. The molecule has 1 aliphatic rings. The average Bonchev–Trinajstić information content (AvgIpc) is 3.29. The summed E-state index contributed by atoms with van der Waals surface area (Å²) in [6.45, 7) is 0. The molecule has 0 radical (unpaired) electrons. The van der Waals surface area contributed by atoms with E-state index >= 15 is 0 Å². The van der Waals surface area contributed by atoms with Crippen LogP contribution in [-0.4, -0.2) is 6.04 Å². The first-order chi connectivity index (χ1) is 10.2. The molecule has 110 valence electrons. The average molecular weight is 305 g/mol. The standard InChI is InChI=1S/C17H18ClFN2/c18-13-6-7-16(19)12(8-13)9-17(21-20)15-10-14(15)11-4-2-1-3-5-11/h1-8,14-15,17,21H,9-10,20H2. The Morgan fingerprint density at radius 1 is 1.24 bits per heavy atom. The van der Waals surface area contributed by atoms with Gasteiger partial charge < -0.3 is 0 Å². The molecule has 0 heterocycles. The zero-order chi connectivity index (χ0) is 14.8. The van der Waals surface area contributed by atoms with Crippen LogP contribution in [0.25, 0.3) is 0 Å². The molecule has 0 aliphatic heterocycles. The van der Waals surface area contributed by atoms with E-state index in [1.165, 1.54) is 11.6 Å². The van der Waals surface area contributed by atoms with Crippen LogP contribution in [0.2, 0.25) is 5.02 Å². The smallest absolute Gasteiger partial charge is 0.126 e. The highest BCUT2D eigenvalue weighted by atomic mass is 35.5. The molecule has 4 heteroatoms. The SMILES string of the molecule is NNC(Cc1cc(Cl)ccc1F)C1CC1c1ccccc1. The lowest BCUT2D eigenvalue weighted by molar-refractivity contribution is 0.455. The molecular weight excluding hydrogens is 287 g/mol. The highest BCUT2D eigenvalue weighted by Crippen LogP contribution is 2.49. The van der Waals surface area contributed by atoms with E-state index in [-0.39, 0.29) is 11.9 Å². The van der Waals surface area contributed by atoms with E-state index < -0.39 is 0 Å². The molecule has 2 aromatic carbocycles. The topological polar surface area (TPSA) is 38.0 Å². The third kappa shape index (κ3) is 3.26. The molecule has 0 amide bonds. The highest BCUT2D eigenvalue weighted by molar-refractivity contribution is 6.30. The number of hydrogen-bond acceptors (Lipinski definition) is 2. The maximum Gasteiger partial charge on any atom is 0.126 e. The van der Waals surface area contributed by atoms with E-state index in [4.69, 9.17) is 17.4 Å². The van der Waals surface area contributed by atoms with Crippen LogP contribution in [0.3, 0.4) is 0 Å². The molecule has 21 heavy (non-hydrogen) atoms. The van der Waals surface area contributed by atoms with Crippen molar-refractivity contribution in [2.75, 3.05) is 0 Å². The summed E-state index contributed by atoms with van der Waals surface area (Å²) in [6.07, 6.45) is 1.64. The Balaban J connectivity index is 1.71. The minimum absolute atomic E-state index is 0.0585. The van der Waals surface area contributed by atoms with Gasteiger partial charge in [0.1, 0.15) is 5.82 Å². The normalized spacial score (nSPS) is 22.0. The Bertz CT molecular complexity index is 617. The number of nitrogens with one attached hydrogen (secondary N) is 1. The molecule has 3 atom stereocenters. The fourth-order valence-electron chi connectivity index (χ4n) is 3.01. The lowest BCUT2D eigenvalue weighted by atomic mass is 9.99. The van der Waals surface area contributed by atoms with Gasteiger partial charge in [-0.1, -0.05) is 41.9 Å². The third-order valence-corrected chi connectivity index (χ3v) is 4.48. The molecular formula is C17H18ClFN2. The molecule has 1 saturated carbocycles. The molecule has 0 aromatic heterocycles. The zero-order valence-corrected chi connectivity index (χ0v) is 12.4. The summed E-state index contributed by atoms with van der Waals surface area (Å²) in [4.78, 5) is 0. The van der Waals surface area contributed by atoms with Crippen molar-refractivity contribution in [1.82, 2.24) is 5.43 Å². The summed E-state index contributed by atoms with van der Waals surface area (Å²) in [6, 6.07) is 15.1. The van der Waals surface area contributed by atoms with Crippen LogP contribution < -0.4 is 11.3 Å². The molecule has 1 fully saturated rings. The van der Waals surface area contributed by atoms with Gasteiger partial charge >= 0.3 is 0 Å². The molecule has 2 nitrogen and oxygen atoms in total. The van der Waals surface area contributed by atoms with E-state index in [0.29, 0.717) is 28.8 Å². The first-order valence-corrected chi connectivity index (χ1v) is 7.52. The maximum atomic E-state index is 13.8. The second-order valence-electron chi connectivity index (χ2n) is 5.63. The van der Waals surface area contributed by atoms with E-state index in [0.717, 1.165) is 6.42 Å². The quantitative estimate of drug-likeness (QED) is 0.653. The first kappa shape index (κ1) is 14.5. The fraction of sp³-hybridized carbons (Fsp3) is 0.294. The van der Waals surface area contributed by atoms with Crippen molar-refractivity contribution in [3.63, 3.8) is 0 Å². The number of rotatable bonds is 5. The number of halogens is 2. The van der Waals surface area contributed by atoms with Gasteiger partial charge in [-0.15, -0.1) is 0 Å². The highest BCUT2D eigenvalue weighted by Gasteiger charge is 2.43. The maximum absolute atomic E-state index is 13.8. The van der Waals surface area contributed by atoms with Crippen LogP contribution in [0.1, 0.15) is 23.5 Å². The summed E-state index contributed by atoms with van der Waals surface area (Å²) < 4.78 is 13.8. The van der Waals surface area contributed by atoms with Crippen molar-refractivity contribution >= 4 is 11.6 Å². The summed E-state index contributed by atoms with van der Waals surface area (Å²) in [5.74, 6) is 6.41. The summed E-state index contributed by atoms with van der Waals surface area (Å²) in [5.41, 5.74) is 4.79. The molecule has 0 saturated heterocycles. The largest absolute Gasteiger partial charge is 0.271 e. The minimum Gasteiger partial charge on any atom is -0.271 e. The van der Waals surface area contributed by atoms with E-state index in [1.807, 2.05) is 18.2 Å². The van der Waals surface area contributed by atoms with Gasteiger partial charge in [-0.3, -0.25) is 11.3 Å². The second kappa shape index (κ2) is 6.14. The van der Waals surface area contributed by atoms with Crippen molar-refractivity contribution in [3.05, 3.63) is 70.5 Å². The van der Waals surface area contributed by atoms with Crippen molar-refractivity contribution < 1.29 is 4.39 Å². The molecule has 0 bridgehead atoms. The Kier molecular flexibility index (Phi) is 4.24. The Hall–Kier alpha value is -1.42. The summed E-state index contributed by atoms with van der Waals surface area (Å²) in [5, 5.41) is 0.553. The van der Waals surface area contributed by atoms with Crippen LogP contribution in [-0.2, 0) is 6.42 Å². The van der Waals surface area contributed by atoms with E-state index in [1.54, 1.807) is 12.1 Å². The van der Waals surface area contributed by atoms with Gasteiger partial charge in [0.15, 0.2) is 0 Å². The van der Waals surface area contributed by atoms with Gasteiger partial charge in [0.25, 0.3) is 0 Å². The molecule has 3 rings (SSSR count). The predicted molar refractivity (Wildman–Crippen MR) is 83.5 cm³/mol. The minimum atomic E-state index is -0.225. The monoisotopic (exact) mass is 304 g/mol. The van der Waals surface area contributed by atoms with Crippen LogP contribution in [0.4, 0.5) is 4.39 Å². The molecule has 0 spiro atoms. The lowest BCUT2D eigenvalue weighted by Gasteiger charge is -2.17. The number of benzene rings is 2. The molecule has 1 aliphatic carbocycles. The van der Waals surface area contributed by atoms with Gasteiger partial charge in [-0.2, -0.15) is 0 Å². The Labute approximate surface area is 129 Å². The Morgan fingerprint density at radius 3 is 2.71 bits per heavy atom. The van der Waals surface area contributed by atoms with Crippen molar-refractivity contribution in [1.29, 1.82) is 0 Å². The van der Waals surface area contributed by atoms with Crippen molar-refractivity contribution in [3.8, 4) is 0 Å². The van der Waals surface area contributed by atoms with Crippen LogP contribution in [0, 0.1) is 11.7 Å². The third-order valence-electron chi connectivity index (χ3n) is 4.25. The Morgan fingerprint density at radius 2 is 2.00 bits per heavy atom. The van der Waals surface area contributed by atoms with Crippen LogP contribution in [0.5, 0.6) is 0 Å². The summed E-state index contributed by atoms with van der Waals surface area (Å²) >= 11 is 5.94. The van der Waals surface area contributed by atoms with Gasteiger partial charge in [-0.05, 0) is 54.0 Å². The lowest BCUT2D eigenvalue weighted by Crippen LogP contribution is -2.39. The second-order valence-corrected chi connectivity index (χ2v) is 6.07. The first-order valence-electron chi connectivity index (χ1n) is 7.14. The molecule has 3 unspecified atom stereocenters. The van der Waals surface area contributed by atoms with E-state index in [9.17, 15) is 4.39 Å². The fourth-order valence-corrected chi connectivity index (χ4v) is 3.21. The summed E-state index contributed by atoms with van der Waals surface area (Å²) in [7, 11) is 0. The number of nitrogens with two attached hydrogens (primary N) is 1. The van der Waals surface area contributed by atoms with Gasteiger partial charge in [0.2, 0.25) is 0 Å². The van der Waals surface area contributed by atoms with E-state index in [2.05, 4.69) is 17.6 Å². The molecule has 3 N–H and O–H groups in total. The van der Waals surface area contributed by atoms with Crippen molar-refractivity contribution in [2.24, 2.45) is 11.8 Å². The number of hydrazine groups is 1. The van der Waals surface area contributed by atoms with Crippen molar-refractivity contribution in [2.45, 2.75) is 24.8 Å². The number of hydrogen-bond donors (Lipinski definition) is 2. The molecule has 2 aromatic rings. The van der Waals surface area contributed by atoms with Crippen LogP contribution in [0.15, 0.2) is 48.5 Å². The van der Waals surface area contributed by atoms with Gasteiger partial charge in [0.05, 0.1) is 0 Å². The van der Waals surface area contributed by atoms with Gasteiger partial charge in [0, 0.05) is 11.1 Å². The predicted octanol–water partition coefficient (Wildman–Crippen LogP) is 3.66. The van der Waals surface area contributed by atoms with Gasteiger partial charge in [-0.25, -0.2) is 4.39 Å².